The zero-order chi connectivity index (χ0) is 30.3. The van der Waals surface area contributed by atoms with E-state index in [1.54, 1.807) is 67.6 Å². The molecule has 3 aromatic carbocycles. The number of hydrogen-bond acceptors (Lipinski definition) is 5. The lowest BCUT2D eigenvalue weighted by atomic mass is 9.95. The second-order valence-electron chi connectivity index (χ2n) is 10.3. The molecule has 1 N–H and O–H groups in total. The van der Waals surface area contributed by atoms with Crippen molar-refractivity contribution in [1.29, 1.82) is 0 Å². The summed E-state index contributed by atoms with van der Waals surface area (Å²) < 4.78 is 34.2. The van der Waals surface area contributed by atoms with E-state index in [4.69, 9.17) is 27.9 Å². The van der Waals surface area contributed by atoms with Gasteiger partial charge in [0.25, 0.3) is 10.0 Å². The lowest BCUT2D eigenvalue weighted by molar-refractivity contribution is -0.139. The lowest BCUT2D eigenvalue weighted by Crippen LogP contribution is -2.53. The summed E-state index contributed by atoms with van der Waals surface area (Å²) in [6.07, 6.45) is 4.99. The normalized spacial score (nSPS) is 14.6. The van der Waals surface area contributed by atoms with E-state index in [-0.39, 0.29) is 29.1 Å². The first-order valence-electron chi connectivity index (χ1n) is 13.9. The molecule has 1 saturated carbocycles. The number of nitrogens with one attached hydrogen (secondary N) is 1. The molecular formula is C31H35Cl2N3O5S. The number of sulfonamides is 1. The Morgan fingerprint density at radius 3 is 2.33 bits per heavy atom. The number of hydrogen-bond donors (Lipinski definition) is 1. The van der Waals surface area contributed by atoms with E-state index in [9.17, 15) is 18.0 Å². The van der Waals surface area contributed by atoms with Crippen LogP contribution in [0.1, 0.15) is 44.6 Å². The third-order valence-corrected chi connectivity index (χ3v) is 9.93. The molecule has 8 nitrogen and oxygen atoms in total. The summed E-state index contributed by atoms with van der Waals surface area (Å²) in [5, 5.41) is 3.76. The monoisotopic (exact) mass is 631 g/mol. The van der Waals surface area contributed by atoms with Gasteiger partial charge in [0, 0.05) is 18.7 Å². The number of amides is 2. The van der Waals surface area contributed by atoms with Crippen molar-refractivity contribution in [2.45, 2.75) is 62.6 Å². The summed E-state index contributed by atoms with van der Waals surface area (Å²) in [5.74, 6) is -0.426. The van der Waals surface area contributed by atoms with Gasteiger partial charge in [-0.05, 0) is 61.7 Å². The molecule has 0 spiro atoms. The van der Waals surface area contributed by atoms with Crippen LogP contribution in [-0.4, -0.2) is 50.9 Å². The number of anilines is 1. The topological polar surface area (TPSA) is 96.0 Å². The Hall–Kier alpha value is -3.27. The Balaban J connectivity index is 1.69. The van der Waals surface area contributed by atoms with Crippen molar-refractivity contribution < 1.29 is 22.7 Å². The highest BCUT2D eigenvalue weighted by Gasteiger charge is 2.33. The van der Waals surface area contributed by atoms with Gasteiger partial charge in [-0.1, -0.05) is 72.8 Å². The van der Waals surface area contributed by atoms with Crippen molar-refractivity contribution >= 4 is 50.7 Å². The number of nitrogens with zero attached hydrogens (tertiary/aromatic N) is 2. The maximum atomic E-state index is 14.1. The summed E-state index contributed by atoms with van der Waals surface area (Å²) in [6, 6.07) is 18.5. The Bertz CT molecular complexity index is 1500. The van der Waals surface area contributed by atoms with Crippen molar-refractivity contribution in [2.75, 3.05) is 18.0 Å². The first-order chi connectivity index (χ1) is 20.1. The van der Waals surface area contributed by atoms with Crippen molar-refractivity contribution in [3.8, 4) is 5.75 Å². The zero-order valence-corrected chi connectivity index (χ0v) is 26.0. The Morgan fingerprint density at radius 2 is 1.67 bits per heavy atom. The fourth-order valence-electron chi connectivity index (χ4n) is 5.00. The van der Waals surface area contributed by atoms with Crippen LogP contribution in [0.3, 0.4) is 0 Å². The van der Waals surface area contributed by atoms with Gasteiger partial charge >= 0.3 is 0 Å². The molecular weight excluding hydrogens is 597 g/mol. The highest BCUT2D eigenvalue weighted by molar-refractivity contribution is 7.92. The maximum Gasteiger partial charge on any atom is 0.264 e. The van der Waals surface area contributed by atoms with Crippen LogP contribution >= 0.6 is 23.2 Å². The van der Waals surface area contributed by atoms with Crippen LogP contribution < -0.4 is 14.4 Å². The quantitative estimate of drug-likeness (QED) is 0.277. The molecule has 0 aromatic heterocycles. The van der Waals surface area contributed by atoms with Crippen LogP contribution in [0.4, 0.5) is 5.69 Å². The number of methoxy groups -OCH3 is 1. The third-order valence-electron chi connectivity index (χ3n) is 7.41. The van der Waals surface area contributed by atoms with Gasteiger partial charge in [0.2, 0.25) is 11.8 Å². The number of carbonyl (C=O) groups is 2. The fourth-order valence-corrected chi connectivity index (χ4v) is 6.75. The van der Waals surface area contributed by atoms with E-state index < -0.39 is 28.5 Å². The molecule has 0 bridgehead atoms. The van der Waals surface area contributed by atoms with Gasteiger partial charge in [-0.3, -0.25) is 13.9 Å². The second kappa shape index (κ2) is 14.3. The van der Waals surface area contributed by atoms with Crippen molar-refractivity contribution in [2.24, 2.45) is 0 Å². The molecule has 3 aromatic rings. The van der Waals surface area contributed by atoms with Crippen molar-refractivity contribution in [3.63, 3.8) is 0 Å². The predicted octanol–water partition coefficient (Wildman–Crippen LogP) is 6.06. The number of ether oxygens (including phenoxy) is 1. The van der Waals surface area contributed by atoms with E-state index in [0.717, 1.165) is 36.4 Å². The summed E-state index contributed by atoms with van der Waals surface area (Å²) >= 11 is 12.4. The first-order valence-corrected chi connectivity index (χ1v) is 16.1. The van der Waals surface area contributed by atoms with E-state index in [1.807, 2.05) is 0 Å². The molecule has 0 heterocycles. The SMILES string of the molecule is COc1cccc(N(CC(=O)N(Cc2ccc(Cl)c(Cl)c2)C(C)C(=O)NC2CCCCC2)S(=O)(=O)c2ccccc2)c1. The Morgan fingerprint density at radius 1 is 0.952 bits per heavy atom. The smallest absolute Gasteiger partial charge is 0.264 e. The van der Waals surface area contributed by atoms with Crippen LogP contribution in [0, 0.1) is 0 Å². The minimum Gasteiger partial charge on any atom is -0.497 e. The predicted molar refractivity (Wildman–Crippen MR) is 165 cm³/mol. The molecule has 0 aliphatic heterocycles. The minimum atomic E-state index is -4.17. The summed E-state index contributed by atoms with van der Waals surface area (Å²) in [5.41, 5.74) is 0.897. The van der Waals surface area contributed by atoms with Crippen LogP contribution in [0.25, 0.3) is 0 Å². The van der Waals surface area contributed by atoms with Gasteiger partial charge in [-0.2, -0.15) is 0 Å². The van der Waals surface area contributed by atoms with Gasteiger partial charge in [0.1, 0.15) is 18.3 Å². The molecule has 4 rings (SSSR count). The average molecular weight is 633 g/mol. The number of benzene rings is 3. The first kappa shape index (κ1) is 31.7. The van der Waals surface area contributed by atoms with Gasteiger partial charge in [0.15, 0.2) is 0 Å². The highest BCUT2D eigenvalue weighted by atomic mass is 35.5. The van der Waals surface area contributed by atoms with Crippen LogP contribution in [-0.2, 0) is 26.2 Å². The van der Waals surface area contributed by atoms with Gasteiger partial charge in [-0.25, -0.2) is 8.42 Å². The van der Waals surface area contributed by atoms with E-state index in [1.165, 1.54) is 24.1 Å². The Kier molecular flexibility index (Phi) is 10.8. The number of carbonyl (C=O) groups excluding carboxylic acids is 2. The van der Waals surface area contributed by atoms with Gasteiger partial charge in [0.05, 0.1) is 27.7 Å². The number of rotatable bonds is 11. The Labute approximate surface area is 257 Å². The summed E-state index contributed by atoms with van der Waals surface area (Å²) in [4.78, 5) is 28.9. The fraction of sp³-hybridized carbons (Fsp3) is 0.355. The molecule has 11 heteroatoms. The molecule has 0 radical (unpaired) electrons. The zero-order valence-electron chi connectivity index (χ0n) is 23.6. The van der Waals surface area contributed by atoms with Crippen molar-refractivity contribution in [3.05, 3.63) is 88.4 Å². The molecule has 42 heavy (non-hydrogen) atoms. The molecule has 1 aliphatic rings. The summed E-state index contributed by atoms with van der Waals surface area (Å²) in [6.45, 7) is 1.12. The molecule has 1 fully saturated rings. The molecule has 1 aliphatic carbocycles. The second-order valence-corrected chi connectivity index (χ2v) is 13.0. The van der Waals surface area contributed by atoms with Crippen LogP contribution in [0.2, 0.25) is 10.0 Å². The van der Waals surface area contributed by atoms with Crippen LogP contribution in [0.15, 0.2) is 77.7 Å². The maximum absolute atomic E-state index is 14.1. The molecule has 0 saturated heterocycles. The summed E-state index contributed by atoms with van der Waals surface area (Å²) in [7, 11) is -2.69. The largest absolute Gasteiger partial charge is 0.497 e. The van der Waals surface area contributed by atoms with Crippen molar-refractivity contribution in [1.82, 2.24) is 10.2 Å². The molecule has 1 atom stereocenters. The van der Waals surface area contributed by atoms with E-state index in [0.29, 0.717) is 21.4 Å². The lowest BCUT2D eigenvalue weighted by Gasteiger charge is -2.33. The standard InChI is InChI=1S/C31H35Cl2N3O5S/c1-22(31(38)34-24-10-5-3-6-11-24)35(20-23-16-17-28(32)29(33)18-23)30(37)21-36(25-12-9-13-26(19-25)41-2)42(39,40)27-14-7-4-8-15-27/h4,7-9,12-19,22,24H,3,5-6,10-11,20-21H2,1-2H3,(H,34,38). The van der Waals surface area contributed by atoms with Crippen LogP contribution in [0.5, 0.6) is 5.75 Å². The minimum absolute atomic E-state index is 0.0201. The molecule has 2 amide bonds. The van der Waals surface area contributed by atoms with Gasteiger partial charge < -0.3 is 15.0 Å². The van der Waals surface area contributed by atoms with Gasteiger partial charge in [-0.15, -0.1) is 0 Å². The number of halogens is 2. The molecule has 224 valence electrons. The van der Waals surface area contributed by atoms with E-state index in [2.05, 4.69) is 5.32 Å². The molecule has 1 unspecified atom stereocenters. The average Bonchev–Trinajstić information content (AvgIpc) is 3.00. The van der Waals surface area contributed by atoms with E-state index >= 15 is 0 Å². The highest BCUT2D eigenvalue weighted by Crippen LogP contribution is 2.28. The third kappa shape index (κ3) is 7.76.